The highest BCUT2D eigenvalue weighted by atomic mass is 32.1. The molecule has 0 bridgehead atoms. The first-order valence-electron chi connectivity index (χ1n) is 7.21. The van der Waals surface area contributed by atoms with Crippen LogP contribution in [0, 0.1) is 0 Å². The summed E-state index contributed by atoms with van der Waals surface area (Å²) in [5.74, 6) is 0.463. The monoisotopic (exact) mass is 334 g/mol. The smallest absolute Gasteiger partial charge is 0.325 e. The van der Waals surface area contributed by atoms with Gasteiger partial charge in [-0.1, -0.05) is 25.9 Å². The van der Waals surface area contributed by atoms with Gasteiger partial charge in [0, 0.05) is 5.41 Å². The van der Waals surface area contributed by atoms with Crippen molar-refractivity contribution in [2.24, 2.45) is 0 Å². The van der Waals surface area contributed by atoms with E-state index in [4.69, 9.17) is 4.52 Å². The van der Waals surface area contributed by atoms with Crippen LogP contribution in [0.15, 0.2) is 21.3 Å². The molecule has 1 fully saturated rings. The van der Waals surface area contributed by atoms with Crippen LogP contribution in [0.3, 0.4) is 0 Å². The van der Waals surface area contributed by atoms with Crippen LogP contribution in [0.2, 0.25) is 0 Å². The molecule has 1 unspecified atom stereocenters. The predicted octanol–water partition coefficient (Wildman–Crippen LogP) is 2.40. The third-order valence-corrected chi connectivity index (χ3v) is 4.49. The number of nitrogens with zero attached hydrogens (tertiary/aromatic N) is 3. The van der Waals surface area contributed by atoms with E-state index in [1.165, 1.54) is 11.3 Å². The van der Waals surface area contributed by atoms with Crippen LogP contribution in [-0.2, 0) is 22.3 Å². The van der Waals surface area contributed by atoms with E-state index in [0.29, 0.717) is 5.82 Å². The Kier molecular flexibility index (Phi) is 3.51. The second-order valence-electron chi connectivity index (χ2n) is 6.72. The number of imide groups is 1. The highest BCUT2D eigenvalue weighted by molar-refractivity contribution is 7.08. The summed E-state index contributed by atoms with van der Waals surface area (Å²) in [7, 11) is 0. The maximum absolute atomic E-state index is 12.7. The molecule has 23 heavy (non-hydrogen) atoms. The van der Waals surface area contributed by atoms with Gasteiger partial charge in [0.15, 0.2) is 5.82 Å². The molecule has 3 amide bonds. The Morgan fingerprint density at radius 3 is 2.70 bits per heavy atom. The average Bonchev–Trinajstić information content (AvgIpc) is 3.16. The van der Waals surface area contributed by atoms with Crippen molar-refractivity contribution in [1.29, 1.82) is 0 Å². The van der Waals surface area contributed by atoms with Crippen LogP contribution in [0.4, 0.5) is 4.79 Å². The minimum Gasteiger partial charge on any atom is -0.337 e. The van der Waals surface area contributed by atoms with Crippen LogP contribution in [0.5, 0.6) is 0 Å². The van der Waals surface area contributed by atoms with E-state index in [1.54, 1.807) is 6.92 Å². The summed E-state index contributed by atoms with van der Waals surface area (Å²) < 4.78 is 5.18. The molecule has 3 rings (SSSR count). The van der Waals surface area contributed by atoms with E-state index in [2.05, 4.69) is 15.5 Å². The van der Waals surface area contributed by atoms with Crippen molar-refractivity contribution in [2.75, 3.05) is 0 Å². The fourth-order valence-corrected chi connectivity index (χ4v) is 3.11. The fourth-order valence-electron chi connectivity index (χ4n) is 2.34. The first-order valence-corrected chi connectivity index (χ1v) is 8.16. The van der Waals surface area contributed by atoms with E-state index >= 15 is 0 Å². The molecular formula is C15H18N4O3S. The van der Waals surface area contributed by atoms with E-state index in [9.17, 15) is 9.59 Å². The summed E-state index contributed by atoms with van der Waals surface area (Å²) in [6.45, 7) is 7.55. The van der Waals surface area contributed by atoms with Crippen molar-refractivity contribution in [1.82, 2.24) is 20.4 Å². The minimum atomic E-state index is -1.05. The summed E-state index contributed by atoms with van der Waals surface area (Å²) in [5, 5.41) is 10.4. The number of carbonyl (C=O) groups excluding carboxylic acids is 2. The summed E-state index contributed by atoms with van der Waals surface area (Å²) in [4.78, 5) is 30.3. The molecule has 122 valence electrons. The third kappa shape index (κ3) is 2.63. The molecule has 8 heteroatoms. The molecule has 0 aromatic carbocycles. The average molecular weight is 334 g/mol. The van der Waals surface area contributed by atoms with Crippen LogP contribution in [-0.4, -0.2) is 27.0 Å². The molecule has 1 saturated heterocycles. The van der Waals surface area contributed by atoms with Gasteiger partial charge in [0.1, 0.15) is 12.1 Å². The number of carbonyl (C=O) groups is 2. The Labute approximate surface area is 137 Å². The molecule has 0 saturated carbocycles. The summed E-state index contributed by atoms with van der Waals surface area (Å²) in [6, 6.07) is 1.37. The Balaban J connectivity index is 1.83. The molecular weight excluding hydrogens is 316 g/mol. The molecule has 2 aromatic rings. The number of amides is 3. The molecule has 0 aliphatic carbocycles. The van der Waals surface area contributed by atoms with Crippen molar-refractivity contribution in [3.63, 3.8) is 0 Å². The SMILES string of the molecule is CC(C)(C)c1noc(CN2C(=O)NC(C)(c3ccsc3)C2=O)n1. The number of thiophene rings is 1. The number of hydrogen-bond donors (Lipinski definition) is 1. The zero-order chi connectivity index (χ0) is 16.8. The van der Waals surface area contributed by atoms with Crippen molar-refractivity contribution >= 4 is 23.3 Å². The van der Waals surface area contributed by atoms with Crippen LogP contribution >= 0.6 is 11.3 Å². The summed E-state index contributed by atoms with van der Waals surface area (Å²) >= 11 is 1.48. The summed E-state index contributed by atoms with van der Waals surface area (Å²) in [6.07, 6.45) is 0. The predicted molar refractivity (Wildman–Crippen MR) is 83.8 cm³/mol. The van der Waals surface area contributed by atoms with E-state index < -0.39 is 11.6 Å². The fraction of sp³-hybridized carbons (Fsp3) is 0.467. The zero-order valence-electron chi connectivity index (χ0n) is 13.4. The largest absolute Gasteiger partial charge is 0.337 e. The number of nitrogens with one attached hydrogen (secondary N) is 1. The maximum Gasteiger partial charge on any atom is 0.325 e. The van der Waals surface area contributed by atoms with Gasteiger partial charge in [0.25, 0.3) is 5.91 Å². The zero-order valence-corrected chi connectivity index (χ0v) is 14.2. The van der Waals surface area contributed by atoms with Gasteiger partial charge in [-0.3, -0.25) is 9.69 Å². The lowest BCUT2D eigenvalue weighted by Gasteiger charge is -2.20. The Morgan fingerprint density at radius 1 is 1.39 bits per heavy atom. The first-order chi connectivity index (χ1) is 10.7. The second-order valence-corrected chi connectivity index (χ2v) is 7.50. The Morgan fingerprint density at radius 2 is 2.13 bits per heavy atom. The van der Waals surface area contributed by atoms with Crippen LogP contribution < -0.4 is 5.32 Å². The first kappa shape index (κ1) is 15.7. The van der Waals surface area contributed by atoms with Gasteiger partial charge in [0.2, 0.25) is 5.89 Å². The molecule has 2 aromatic heterocycles. The van der Waals surface area contributed by atoms with E-state index in [-0.39, 0.29) is 23.8 Å². The number of rotatable bonds is 3. The molecule has 1 aliphatic rings. The van der Waals surface area contributed by atoms with Gasteiger partial charge in [-0.25, -0.2) is 4.79 Å². The quantitative estimate of drug-likeness (QED) is 0.871. The molecule has 1 atom stereocenters. The summed E-state index contributed by atoms with van der Waals surface area (Å²) in [5.41, 5.74) is -0.543. The number of hydrogen-bond acceptors (Lipinski definition) is 6. The van der Waals surface area contributed by atoms with Crippen molar-refractivity contribution in [3.8, 4) is 0 Å². The van der Waals surface area contributed by atoms with Crippen molar-refractivity contribution in [3.05, 3.63) is 34.1 Å². The lowest BCUT2D eigenvalue weighted by Crippen LogP contribution is -2.40. The molecule has 1 aliphatic heterocycles. The molecule has 1 N–H and O–H groups in total. The minimum absolute atomic E-state index is 0.0343. The Bertz CT molecular complexity index is 747. The standard InChI is InChI=1S/C15H18N4O3S/c1-14(2,3)11-16-10(22-18-11)7-19-12(20)15(4,17-13(19)21)9-5-6-23-8-9/h5-6,8H,7H2,1-4H3,(H,17,21). The van der Waals surface area contributed by atoms with Gasteiger partial charge in [-0.15, -0.1) is 0 Å². The van der Waals surface area contributed by atoms with Crippen molar-refractivity contribution < 1.29 is 14.1 Å². The third-order valence-electron chi connectivity index (χ3n) is 3.81. The van der Waals surface area contributed by atoms with Gasteiger partial charge in [-0.2, -0.15) is 16.3 Å². The normalized spacial score (nSPS) is 21.8. The van der Waals surface area contributed by atoms with Crippen LogP contribution in [0.1, 0.15) is 45.0 Å². The lowest BCUT2D eigenvalue weighted by molar-refractivity contribution is -0.131. The highest BCUT2D eigenvalue weighted by Crippen LogP contribution is 2.31. The molecule has 0 radical (unpaired) electrons. The van der Waals surface area contributed by atoms with Gasteiger partial charge >= 0.3 is 6.03 Å². The van der Waals surface area contributed by atoms with Crippen molar-refractivity contribution in [2.45, 2.75) is 45.2 Å². The highest BCUT2D eigenvalue weighted by Gasteiger charge is 2.49. The molecule has 7 nitrogen and oxygen atoms in total. The van der Waals surface area contributed by atoms with E-state index in [0.717, 1.165) is 10.5 Å². The topological polar surface area (TPSA) is 88.3 Å². The van der Waals surface area contributed by atoms with Gasteiger partial charge < -0.3 is 9.84 Å². The van der Waals surface area contributed by atoms with Gasteiger partial charge in [0.05, 0.1) is 0 Å². The number of aromatic nitrogens is 2. The molecule has 3 heterocycles. The van der Waals surface area contributed by atoms with E-state index in [1.807, 2.05) is 37.6 Å². The van der Waals surface area contributed by atoms with Gasteiger partial charge in [-0.05, 0) is 29.3 Å². The Hall–Kier alpha value is -2.22. The number of urea groups is 1. The van der Waals surface area contributed by atoms with Crippen LogP contribution in [0.25, 0.3) is 0 Å². The lowest BCUT2D eigenvalue weighted by atomic mass is 9.95. The second kappa shape index (κ2) is 5.16. The maximum atomic E-state index is 12.7. The molecule has 0 spiro atoms.